The molecule has 1 amide bonds. The maximum atomic E-state index is 13.1. The Morgan fingerprint density at radius 1 is 1.14 bits per heavy atom. The predicted molar refractivity (Wildman–Crippen MR) is 109 cm³/mol. The normalized spacial score (nSPS) is 16.7. The van der Waals surface area contributed by atoms with Crippen LogP contribution in [0.1, 0.15) is 52.9 Å². The molecule has 2 aliphatic rings. The molecule has 2 aromatic heterocycles. The molecule has 2 aliphatic carbocycles. The van der Waals surface area contributed by atoms with Crippen LogP contribution in [0.25, 0.3) is 11.0 Å². The average Bonchev–Trinajstić information content (AvgIpc) is 3.60. The van der Waals surface area contributed by atoms with Crippen LogP contribution in [0.3, 0.4) is 0 Å². The minimum absolute atomic E-state index is 0.0224. The monoisotopic (exact) mass is 374 g/mol. The van der Waals surface area contributed by atoms with Crippen molar-refractivity contribution in [3.8, 4) is 0 Å². The quantitative estimate of drug-likeness (QED) is 0.709. The van der Waals surface area contributed by atoms with Crippen molar-refractivity contribution in [2.24, 2.45) is 11.8 Å². The standard InChI is InChI=1S/C23H26N4O/c1-14-3-5-16(6-4-14)13-27-22-20(12-24-27)19(11-15(2)25-22)23(28)26-21(17-7-8-17)18-9-10-18/h3-6,11-12,17-18,21H,7-10,13H2,1-2H3,(H,26,28). The number of nitrogens with one attached hydrogen (secondary N) is 1. The third kappa shape index (κ3) is 3.41. The SMILES string of the molecule is Cc1ccc(Cn2ncc3c(C(=O)NC(C4CC4)C4CC4)cc(C)nc32)cc1. The van der Waals surface area contributed by atoms with Gasteiger partial charge >= 0.3 is 0 Å². The summed E-state index contributed by atoms with van der Waals surface area (Å²) in [6.45, 7) is 4.67. The smallest absolute Gasteiger partial charge is 0.252 e. The van der Waals surface area contributed by atoms with E-state index in [9.17, 15) is 4.79 Å². The van der Waals surface area contributed by atoms with Crippen LogP contribution in [-0.4, -0.2) is 26.7 Å². The first-order valence-corrected chi connectivity index (χ1v) is 10.3. The molecule has 2 saturated carbocycles. The number of carbonyl (C=O) groups excluding carboxylic acids is 1. The Morgan fingerprint density at radius 3 is 2.46 bits per heavy atom. The lowest BCUT2D eigenvalue weighted by Crippen LogP contribution is -2.38. The molecule has 0 radical (unpaired) electrons. The van der Waals surface area contributed by atoms with Crippen LogP contribution in [0, 0.1) is 25.7 Å². The lowest BCUT2D eigenvalue weighted by atomic mass is 10.1. The van der Waals surface area contributed by atoms with E-state index in [1.807, 2.05) is 17.7 Å². The van der Waals surface area contributed by atoms with Crippen LogP contribution < -0.4 is 5.32 Å². The van der Waals surface area contributed by atoms with Crippen LogP contribution >= 0.6 is 0 Å². The van der Waals surface area contributed by atoms with E-state index in [1.165, 1.54) is 36.8 Å². The molecule has 0 spiro atoms. The van der Waals surface area contributed by atoms with E-state index >= 15 is 0 Å². The molecule has 1 N–H and O–H groups in total. The zero-order valence-electron chi connectivity index (χ0n) is 16.5. The lowest BCUT2D eigenvalue weighted by Gasteiger charge is -2.18. The summed E-state index contributed by atoms with van der Waals surface area (Å²) in [6, 6.07) is 10.7. The van der Waals surface area contributed by atoms with Crippen molar-refractivity contribution in [3.05, 3.63) is 58.9 Å². The van der Waals surface area contributed by atoms with Crippen LogP contribution in [0.15, 0.2) is 36.5 Å². The molecule has 2 fully saturated rings. The fraction of sp³-hybridized carbons (Fsp3) is 0.435. The number of nitrogens with zero attached hydrogens (tertiary/aromatic N) is 3. The van der Waals surface area contributed by atoms with Crippen molar-refractivity contribution in [1.82, 2.24) is 20.1 Å². The number of hydrogen-bond donors (Lipinski definition) is 1. The zero-order chi connectivity index (χ0) is 19.3. The highest BCUT2D eigenvalue weighted by atomic mass is 16.1. The number of amides is 1. The second kappa shape index (κ2) is 6.73. The fourth-order valence-corrected chi connectivity index (χ4v) is 4.10. The highest BCUT2D eigenvalue weighted by Gasteiger charge is 2.42. The number of aromatic nitrogens is 3. The van der Waals surface area contributed by atoms with Crippen molar-refractivity contribution in [2.75, 3.05) is 0 Å². The van der Waals surface area contributed by atoms with Gasteiger partial charge in [-0.15, -0.1) is 0 Å². The van der Waals surface area contributed by atoms with Gasteiger partial charge < -0.3 is 5.32 Å². The molecule has 3 aromatic rings. The van der Waals surface area contributed by atoms with Gasteiger partial charge in [0.05, 0.1) is 23.7 Å². The molecular formula is C23H26N4O. The average molecular weight is 374 g/mol. The third-order valence-electron chi connectivity index (χ3n) is 5.99. The van der Waals surface area contributed by atoms with Gasteiger partial charge in [-0.25, -0.2) is 9.67 Å². The Morgan fingerprint density at radius 2 is 1.82 bits per heavy atom. The van der Waals surface area contributed by atoms with Gasteiger partial charge in [-0.2, -0.15) is 5.10 Å². The van der Waals surface area contributed by atoms with Crippen LogP contribution in [-0.2, 0) is 6.54 Å². The summed E-state index contributed by atoms with van der Waals surface area (Å²) in [5.41, 5.74) is 4.73. The van der Waals surface area contributed by atoms with E-state index in [2.05, 4.69) is 46.6 Å². The van der Waals surface area contributed by atoms with Crippen molar-refractivity contribution in [3.63, 3.8) is 0 Å². The highest BCUT2D eigenvalue weighted by Crippen LogP contribution is 2.44. The summed E-state index contributed by atoms with van der Waals surface area (Å²) in [6.07, 6.45) is 6.79. The predicted octanol–water partition coefficient (Wildman–Crippen LogP) is 4.01. The largest absolute Gasteiger partial charge is 0.349 e. The summed E-state index contributed by atoms with van der Waals surface area (Å²) in [5.74, 6) is 1.38. The lowest BCUT2D eigenvalue weighted by molar-refractivity contribution is 0.0928. The number of rotatable bonds is 6. The molecule has 0 saturated heterocycles. The molecule has 28 heavy (non-hydrogen) atoms. The Kier molecular flexibility index (Phi) is 4.18. The van der Waals surface area contributed by atoms with Crippen LogP contribution in [0.2, 0.25) is 0 Å². The number of pyridine rings is 1. The molecule has 0 atom stereocenters. The minimum Gasteiger partial charge on any atom is -0.349 e. The van der Waals surface area contributed by atoms with E-state index < -0.39 is 0 Å². The van der Waals surface area contributed by atoms with Crippen molar-refractivity contribution in [1.29, 1.82) is 0 Å². The van der Waals surface area contributed by atoms with Crippen molar-refractivity contribution in [2.45, 2.75) is 52.1 Å². The van der Waals surface area contributed by atoms with Gasteiger partial charge in [0.2, 0.25) is 0 Å². The minimum atomic E-state index is 0.0224. The zero-order valence-corrected chi connectivity index (χ0v) is 16.5. The number of hydrogen-bond acceptors (Lipinski definition) is 3. The van der Waals surface area contributed by atoms with Gasteiger partial charge in [0, 0.05) is 11.7 Å². The first kappa shape index (κ1) is 17.4. The Hall–Kier alpha value is -2.69. The van der Waals surface area contributed by atoms with E-state index in [-0.39, 0.29) is 5.91 Å². The summed E-state index contributed by atoms with van der Waals surface area (Å²) >= 11 is 0. The van der Waals surface area contributed by atoms with Gasteiger partial charge in [-0.05, 0) is 63.0 Å². The van der Waals surface area contributed by atoms with E-state index in [0.717, 1.165) is 16.7 Å². The van der Waals surface area contributed by atoms with Gasteiger partial charge in [-0.1, -0.05) is 29.8 Å². The molecule has 1 aromatic carbocycles. The van der Waals surface area contributed by atoms with Gasteiger partial charge in [0.15, 0.2) is 5.65 Å². The van der Waals surface area contributed by atoms with Gasteiger partial charge in [0.25, 0.3) is 5.91 Å². The number of fused-ring (bicyclic) bond motifs is 1. The second-order valence-corrected chi connectivity index (χ2v) is 8.51. The molecule has 5 rings (SSSR count). The fourth-order valence-electron chi connectivity index (χ4n) is 4.10. The summed E-state index contributed by atoms with van der Waals surface area (Å²) < 4.78 is 1.89. The summed E-state index contributed by atoms with van der Waals surface area (Å²) in [5, 5.41) is 8.72. The van der Waals surface area contributed by atoms with Gasteiger partial charge in [0.1, 0.15) is 0 Å². The second-order valence-electron chi connectivity index (χ2n) is 8.51. The van der Waals surface area contributed by atoms with Crippen molar-refractivity contribution < 1.29 is 4.79 Å². The topological polar surface area (TPSA) is 59.8 Å². The first-order valence-electron chi connectivity index (χ1n) is 10.3. The van der Waals surface area contributed by atoms with Crippen molar-refractivity contribution >= 4 is 16.9 Å². The third-order valence-corrected chi connectivity index (χ3v) is 5.99. The summed E-state index contributed by atoms with van der Waals surface area (Å²) in [4.78, 5) is 17.8. The Bertz CT molecular complexity index is 1020. The van der Waals surface area contributed by atoms with E-state index in [0.29, 0.717) is 30.0 Å². The summed E-state index contributed by atoms with van der Waals surface area (Å²) in [7, 11) is 0. The molecule has 0 unspecified atom stereocenters. The number of benzene rings is 1. The molecule has 5 heteroatoms. The molecule has 5 nitrogen and oxygen atoms in total. The number of aryl methyl sites for hydroxylation is 2. The molecule has 2 heterocycles. The van der Waals surface area contributed by atoms with E-state index in [1.54, 1.807) is 6.20 Å². The molecule has 0 bridgehead atoms. The van der Waals surface area contributed by atoms with Crippen LogP contribution in [0.4, 0.5) is 0 Å². The first-order chi connectivity index (χ1) is 13.6. The number of carbonyl (C=O) groups is 1. The molecule has 144 valence electrons. The Balaban J connectivity index is 1.45. The van der Waals surface area contributed by atoms with E-state index in [4.69, 9.17) is 0 Å². The van der Waals surface area contributed by atoms with Gasteiger partial charge in [-0.3, -0.25) is 4.79 Å². The highest BCUT2D eigenvalue weighted by molar-refractivity contribution is 6.05. The maximum absolute atomic E-state index is 13.1. The molecular weight excluding hydrogens is 348 g/mol. The van der Waals surface area contributed by atoms with Crippen LogP contribution in [0.5, 0.6) is 0 Å². The Labute approximate surface area is 165 Å². The molecule has 0 aliphatic heterocycles. The maximum Gasteiger partial charge on any atom is 0.252 e.